The van der Waals surface area contributed by atoms with E-state index in [0.717, 1.165) is 24.2 Å². The molecular formula is C14H13F2N3O3S. The summed E-state index contributed by atoms with van der Waals surface area (Å²) in [5.74, 6) is -0.676. The van der Waals surface area contributed by atoms with Gasteiger partial charge in [-0.3, -0.25) is 19.1 Å². The Kier molecular flexibility index (Phi) is 4.12. The fourth-order valence-corrected chi connectivity index (χ4v) is 2.97. The van der Waals surface area contributed by atoms with Crippen molar-refractivity contribution in [3.05, 3.63) is 54.5 Å². The molecule has 2 aromatic rings. The lowest BCUT2D eigenvalue weighted by atomic mass is 10.2. The highest BCUT2D eigenvalue weighted by Crippen LogP contribution is 2.33. The number of aromatic amines is 1. The van der Waals surface area contributed by atoms with Gasteiger partial charge < -0.3 is 5.32 Å². The molecule has 0 aliphatic heterocycles. The maximum absolute atomic E-state index is 12.8. The maximum Gasteiger partial charge on any atom is 0.328 e. The van der Waals surface area contributed by atoms with Crippen LogP contribution in [0.15, 0.2) is 27.2 Å². The molecule has 0 radical (unpaired) electrons. The number of aromatic nitrogens is 2. The second kappa shape index (κ2) is 6.07. The number of nitrogens with one attached hydrogen (secondary N) is 2. The summed E-state index contributed by atoms with van der Waals surface area (Å²) in [7, 11) is 0. The molecule has 0 spiro atoms. The Balaban J connectivity index is 1.77. The van der Waals surface area contributed by atoms with Gasteiger partial charge in [0.1, 0.15) is 0 Å². The highest BCUT2D eigenvalue weighted by Gasteiger charge is 2.25. The highest BCUT2D eigenvalue weighted by molar-refractivity contribution is 7.10. The molecule has 1 saturated carbocycles. The zero-order chi connectivity index (χ0) is 16.6. The summed E-state index contributed by atoms with van der Waals surface area (Å²) in [6, 6.07) is 1.40. The van der Waals surface area contributed by atoms with Crippen molar-refractivity contribution < 1.29 is 13.6 Å². The van der Waals surface area contributed by atoms with Crippen LogP contribution in [0, 0.1) is 0 Å². The Hall–Kier alpha value is -2.29. The third-order valence-corrected chi connectivity index (χ3v) is 4.48. The quantitative estimate of drug-likeness (QED) is 0.870. The third-order valence-electron chi connectivity index (χ3n) is 3.56. The number of H-pyrrole nitrogens is 1. The lowest BCUT2D eigenvalue weighted by molar-refractivity contribution is 0.0939. The van der Waals surface area contributed by atoms with E-state index >= 15 is 0 Å². The molecule has 1 aliphatic rings. The first-order chi connectivity index (χ1) is 11.0. The molecule has 23 heavy (non-hydrogen) atoms. The summed E-state index contributed by atoms with van der Waals surface area (Å²) < 4.78 is 27.0. The molecule has 0 unspecified atom stereocenters. The number of carbonyl (C=O) groups is 1. The van der Waals surface area contributed by atoms with Crippen molar-refractivity contribution >= 4 is 17.2 Å². The average molecular weight is 341 g/mol. The van der Waals surface area contributed by atoms with Gasteiger partial charge in [-0.25, -0.2) is 13.6 Å². The smallest absolute Gasteiger partial charge is 0.328 e. The van der Waals surface area contributed by atoms with Gasteiger partial charge in [0, 0.05) is 18.8 Å². The summed E-state index contributed by atoms with van der Waals surface area (Å²) in [4.78, 5) is 37.3. The van der Waals surface area contributed by atoms with Gasteiger partial charge in [-0.1, -0.05) is 0 Å². The summed E-state index contributed by atoms with van der Waals surface area (Å²) in [6.07, 6.45) is 0.422. The van der Waals surface area contributed by atoms with Gasteiger partial charge >= 0.3 is 5.69 Å². The van der Waals surface area contributed by atoms with Gasteiger partial charge in [0.2, 0.25) is 0 Å². The minimum absolute atomic E-state index is 0.0797. The van der Waals surface area contributed by atoms with Gasteiger partial charge in [0.15, 0.2) is 0 Å². The first-order valence-electron chi connectivity index (χ1n) is 6.95. The third kappa shape index (κ3) is 3.24. The van der Waals surface area contributed by atoms with Crippen LogP contribution in [-0.2, 0) is 6.54 Å². The van der Waals surface area contributed by atoms with E-state index in [4.69, 9.17) is 0 Å². The maximum atomic E-state index is 12.8. The Bertz CT molecular complexity index is 851. The summed E-state index contributed by atoms with van der Waals surface area (Å²) in [5, 5.41) is 3.86. The van der Waals surface area contributed by atoms with E-state index in [2.05, 4.69) is 10.3 Å². The first kappa shape index (κ1) is 15.6. The summed E-state index contributed by atoms with van der Waals surface area (Å²) in [6.45, 7) is -0.139. The predicted octanol–water partition coefficient (Wildman–Crippen LogP) is 1.80. The SMILES string of the molecule is O=C(NCc1cn(C2CC2)c(=O)[nH]c1=O)c1ccsc1C(F)F. The van der Waals surface area contributed by atoms with Gasteiger partial charge in [-0.15, -0.1) is 11.3 Å². The highest BCUT2D eigenvalue weighted by atomic mass is 32.1. The molecule has 1 amide bonds. The van der Waals surface area contributed by atoms with Crippen LogP contribution in [0.1, 0.15) is 46.1 Å². The van der Waals surface area contributed by atoms with E-state index in [9.17, 15) is 23.2 Å². The molecule has 6 nitrogen and oxygen atoms in total. The molecule has 0 atom stereocenters. The Morgan fingerprint density at radius 2 is 2.17 bits per heavy atom. The second-order valence-corrected chi connectivity index (χ2v) is 6.18. The average Bonchev–Trinajstić information content (AvgIpc) is 3.21. The fourth-order valence-electron chi connectivity index (χ4n) is 2.23. The molecule has 3 rings (SSSR count). The van der Waals surface area contributed by atoms with Crippen molar-refractivity contribution in [2.45, 2.75) is 31.9 Å². The lowest BCUT2D eigenvalue weighted by Crippen LogP contribution is -2.34. The van der Waals surface area contributed by atoms with Gasteiger partial charge in [0.05, 0.1) is 16.0 Å². The Morgan fingerprint density at radius 1 is 1.43 bits per heavy atom. The number of hydrogen-bond acceptors (Lipinski definition) is 4. The molecule has 1 aliphatic carbocycles. The number of thiophene rings is 1. The van der Waals surface area contributed by atoms with Crippen LogP contribution in [0.5, 0.6) is 0 Å². The summed E-state index contributed by atoms with van der Waals surface area (Å²) >= 11 is 0.803. The molecule has 2 N–H and O–H groups in total. The zero-order valence-electron chi connectivity index (χ0n) is 11.8. The van der Waals surface area contributed by atoms with Crippen molar-refractivity contribution in [3.63, 3.8) is 0 Å². The number of carbonyl (C=O) groups excluding carboxylic acids is 1. The number of hydrogen-bond donors (Lipinski definition) is 2. The number of halogens is 2. The molecule has 1 fully saturated rings. The minimum atomic E-state index is -2.73. The van der Waals surface area contributed by atoms with Crippen LogP contribution in [0.2, 0.25) is 0 Å². The molecule has 0 aromatic carbocycles. The normalized spacial score (nSPS) is 14.2. The Labute approximate surface area is 132 Å². The van der Waals surface area contributed by atoms with Crippen molar-refractivity contribution in [2.24, 2.45) is 0 Å². The van der Waals surface area contributed by atoms with Crippen LogP contribution in [0.25, 0.3) is 0 Å². The number of nitrogens with zero attached hydrogens (tertiary/aromatic N) is 1. The molecule has 9 heteroatoms. The number of alkyl halides is 2. The zero-order valence-corrected chi connectivity index (χ0v) is 12.7. The molecular weight excluding hydrogens is 328 g/mol. The van der Waals surface area contributed by atoms with Crippen molar-refractivity contribution in [1.29, 1.82) is 0 Å². The fraction of sp³-hybridized carbons (Fsp3) is 0.357. The van der Waals surface area contributed by atoms with Crippen molar-refractivity contribution in [3.8, 4) is 0 Å². The molecule has 0 bridgehead atoms. The molecule has 122 valence electrons. The number of rotatable bonds is 5. The standard InChI is InChI=1S/C14H13F2N3O3S/c15-11(16)10-9(3-4-23-10)13(21)17-5-7-6-19(8-1-2-8)14(22)18-12(7)20/h3-4,6,8,11H,1-2,5H2,(H,17,21)(H,18,20,22). The van der Waals surface area contributed by atoms with E-state index < -0.39 is 23.6 Å². The minimum Gasteiger partial charge on any atom is -0.348 e. The first-order valence-corrected chi connectivity index (χ1v) is 7.83. The summed E-state index contributed by atoms with van der Waals surface area (Å²) in [5.41, 5.74) is -0.965. The van der Waals surface area contributed by atoms with E-state index in [-0.39, 0.29) is 28.6 Å². The lowest BCUT2D eigenvalue weighted by Gasteiger charge is -2.08. The number of amides is 1. The second-order valence-electron chi connectivity index (χ2n) is 5.23. The van der Waals surface area contributed by atoms with Gasteiger partial charge in [-0.05, 0) is 24.3 Å². The molecule has 2 heterocycles. The van der Waals surface area contributed by atoms with Crippen LogP contribution in [-0.4, -0.2) is 15.5 Å². The van der Waals surface area contributed by atoms with Crippen LogP contribution < -0.4 is 16.6 Å². The van der Waals surface area contributed by atoms with E-state index in [1.807, 2.05) is 0 Å². The van der Waals surface area contributed by atoms with E-state index in [1.54, 1.807) is 0 Å². The van der Waals surface area contributed by atoms with Crippen molar-refractivity contribution in [2.75, 3.05) is 0 Å². The Morgan fingerprint density at radius 3 is 2.83 bits per heavy atom. The van der Waals surface area contributed by atoms with Crippen molar-refractivity contribution in [1.82, 2.24) is 14.9 Å². The van der Waals surface area contributed by atoms with E-state index in [0.29, 0.717) is 0 Å². The van der Waals surface area contributed by atoms with Crippen LogP contribution in [0.3, 0.4) is 0 Å². The predicted molar refractivity (Wildman–Crippen MR) is 80.0 cm³/mol. The largest absolute Gasteiger partial charge is 0.348 e. The van der Waals surface area contributed by atoms with Crippen LogP contribution in [0.4, 0.5) is 8.78 Å². The van der Waals surface area contributed by atoms with Gasteiger partial charge in [-0.2, -0.15) is 0 Å². The monoisotopic (exact) mass is 341 g/mol. The van der Waals surface area contributed by atoms with E-state index in [1.165, 1.54) is 22.2 Å². The van der Waals surface area contributed by atoms with Gasteiger partial charge in [0.25, 0.3) is 17.9 Å². The molecule has 0 saturated heterocycles. The molecule has 2 aromatic heterocycles. The van der Waals surface area contributed by atoms with Crippen LogP contribution >= 0.6 is 11.3 Å². The topological polar surface area (TPSA) is 84.0 Å².